The largest absolute Gasteiger partial charge is 0.497 e. The van der Waals surface area contributed by atoms with E-state index in [2.05, 4.69) is 4.72 Å². The number of aliphatic carboxylic acids is 1. The van der Waals surface area contributed by atoms with Crippen molar-refractivity contribution in [2.45, 2.75) is 13.5 Å². The van der Waals surface area contributed by atoms with Crippen LogP contribution >= 0.6 is 0 Å². The second kappa shape index (κ2) is 7.39. The standard InChI is InChI=1S/C13H20N2O5S/c1-10(13(16)17)8-14-21(18,19)15(2)9-11-5-4-6-12(7-11)20-3/h4-7,10,14H,8-9H2,1-3H3,(H,16,17). The number of carbonyl (C=O) groups is 1. The summed E-state index contributed by atoms with van der Waals surface area (Å²) in [6, 6.07) is 7.07. The van der Waals surface area contributed by atoms with Crippen LogP contribution in [0.3, 0.4) is 0 Å². The van der Waals surface area contributed by atoms with Gasteiger partial charge in [0.1, 0.15) is 5.75 Å². The van der Waals surface area contributed by atoms with Crippen LogP contribution in [0, 0.1) is 5.92 Å². The highest BCUT2D eigenvalue weighted by molar-refractivity contribution is 7.87. The van der Waals surface area contributed by atoms with Crippen molar-refractivity contribution in [3.8, 4) is 5.75 Å². The Kier molecular flexibility index (Phi) is 6.13. The van der Waals surface area contributed by atoms with Crippen LogP contribution in [-0.2, 0) is 21.5 Å². The van der Waals surface area contributed by atoms with Gasteiger partial charge in [0.15, 0.2) is 0 Å². The van der Waals surface area contributed by atoms with Crippen molar-refractivity contribution in [3.05, 3.63) is 29.8 Å². The van der Waals surface area contributed by atoms with Gasteiger partial charge in [-0.3, -0.25) is 4.79 Å². The Labute approximate surface area is 124 Å². The number of hydrogen-bond donors (Lipinski definition) is 2. The van der Waals surface area contributed by atoms with E-state index in [0.29, 0.717) is 5.75 Å². The van der Waals surface area contributed by atoms with Crippen molar-refractivity contribution >= 4 is 16.2 Å². The average molecular weight is 316 g/mol. The molecule has 0 aliphatic heterocycles. The van der Waals surface area contributed by atoms with E-state index in [4.69, 9.17) is 9.84 Å². The lowest BCUT2D eigenvalue weighted by Crippen LogP contribution is -2.40. The number of benzene rings is 1. The number of ether oxygens (including phenoxy) is 1. The number of nitrogens with one attached hydrogen (secondary N) is 1. The molecule has 1 unspecified atom stereocenters. The Balaban J connectivity index is 2.68. The summed E-state index contributed by atoms with van der Waals surface area (Å²) in [5.74, 6) is -1.19. The average Bonchev–Trinajstić information content (AvgIpc) is 2.44. The van der Waals surface area contributed by atoms with Gasteiger partial charge in [-0.05, 0) is 17.7 Å². The SMILES string of the molecule is COc1cccc(CN(C)S(=O)(=O)NCC(C)C(=O)O)c1. The molecule has 0 spiro atoms. The Hall–Kier alpha value is -1.64. The third-order valence-corrected chi connectivity index (χ3v) is 4.42. The maximum atomic E-state index is 12.0. The Morgan fingerprint density at radius 3 is 2.71 bits per heavy atom. The predicted molar refractivity (Wildman–Crippen MR) is 78.2 cm³/mol. The van der Waals surface area contributed by atoms with Gasteiger partial charge in [-0.25, -0.2) is 4.72 Å². The summed E-state index contributed by atoms with van der Waals surface area (Å²) in [5, 5.41) is 8.75. The van der Waals surface area contributed by atoms with Crippen molar-refractivity contribution < 1.29 is 23.1 Å². The zero-order chi connectivity index (χ0) is 16.0. The van der Waals surface area contributed by atoms with Gasteiger partial charge in [-0.2, -0.15) is 12.7 Å². The lowest BCUT2D eigenvalue weighted by molar-refractivity contribution is -0.140. The molecule has 0 fully saturated rings. The number of methoxy groups -OCH3 is 1. The molecule has 0 radical (unpaired) electrons. The first kappa shape index (κ1) is 17.4. The second-order valence-corrected chi connectivity index (χ2v) is 6.56. The quantitative estimate of drug-likeness (QED) is 0.735. The molecule has 7 nitrogen and oxygen atoms in total. The van der Waals surface area contributed by atoms with Gasteiger partial charge in [0.2, 0.25) is 0 Å². The van der Waals surface area contributed by atoms with E-state index in [0.717, 1.165) is 9.87 Å². The molecule has 0 amide bonds. The molecule has 1 aromatic rings. The van der Waals surface area contributed by atoms with Crippen molar-refractivity contribution in [3.63, 3.8) is 0 Å². The third kappa shape index (κ3) is 5.33. The molecular formula is C13H20N2O5S. The summed E-state index contributed by atoms with van der Waals surface area (Å²) in [5.41, 5.74) is 0.772. The third-order valence-electron chi connectivity index (χ3n) is 2.94. The van der Waals surface area contributed by atoms with E-state index in [1.54, 1.807) is 24.3 Å². The molecule has 0 saturated carbocycles. The van der Waals surface area contributed by atoms with Crippen LogP contribution in [0.1, 0.15) is 12.5 Å². The molecule has 0 saturated heterocycles. The number of hydrogen-bond acceptors (Lipinski definition) is 4. The van der Waals surface area contributed by atoms with Crippen molar-refractivity contribution in [1.29, 1.82) is 0 Å². The number of carboxylic acids is 1. The van der Waals surface area contributed by atoms with E-state index in [9.17, 15) is 13.2 Å². The van der Waals surface area contributed by atoms with Gasteiger partial charge >= 0.3 is 5.97 Å². The fourth-order valence-electron chi connectivity index (χ4n) is 1.54. The van der Waals surface area contributed by atoms with E-state index in [-0.39, 0.29) is 13.1 Å². The molecule has 8 heteroatoms. The highest BCUT2D eigenvalue weighted by atomic mass is 32.2. The fraction of sp³-hybridized carbons (Fsp3) is 0.462. The number of carboxylic acid groups (broad SMARTS) is 1. The molecule has 0 heterocycles. The van der Waals surface area contributed by atoms with E-state index >= 15 is 0 Å². The first-order valence-electron chi connectivity index (χ1n) is 6.33. The first-order valence-corrected chi connectivity index (χ1v) is 7.77. The Bertz CT molecular complexity index is 588. The van der Waals surface area contributed by atoms with Crippen molar-refractivity contribution in [1.82, 2.24) is 9.03 Å². The fourth-order valence-corrected chi connectivity index (χ4v) is 2.54. The summed E-state index contributed by atoms with van der Waals surface area (Å²) in [6.45, 7) is 1.45. The first-order chi connectivity index (χ1) is 9.76. The van der Waals surface area contributed by atoms with Gasteiger partial charge in [0.05, 0.1) is 13.0 Å². The van der Waals surface area contributed by atoms with Crippen LogP contribution in [0.25, 0.3) is 0 Å². The topological polar surface area (TPSA) is 95.9 Å². The molecule has 21 heavy (non-hydrogen) atoms. The molecule has 2 N–H and O–H groups in total. The van der Waals surface area contributed by atoms with Crippen LogP contribution < -0.4 is 9.46 Å². The van der Waals surface area contributed by atoms with Crippen molar-refractivity contribution in [2.75, 3.05) is 20.7 Å². The van der Waals surface area contributed by atoms with Gasteiger partial charge in [0.25, 0.3) is 10.2 Å². The van der Waals surface area contributed by atoms with Crippen LogP contribution in [-0.4, -0.2) is 44.5 Å². The zero-order valence-corrected chi connectivity index (χ0v) is 13.1. The van der Waals surface area contributed by atoms with E-state index < -0.39 is 22.1 Å². The van der Waals surface area contributed by atoms with Crippen molar-refractivity contribution in [2.24, 2.45) is 5.92 Å². The van der Waals surface area contributed by atoms with Crippen LogP contribution in [0.15, 0.2) is 24.3 Å². The minimum absolute atomic E-state index is 0.153. The molecule has 0 aliphatic carbocycles. The second-order valence-electron chi connectivity index (χ2n) is 4.70. The van der Waals surface area contributed by atoms with Crippen LogP contribution in [0.5, 0.6) is 5.75 Å². The Morgan fingerprint density at radius 2 is 2.14 bits per heavy atom. The number of rotatable bonds is 8. The van der Waals surface area contributed by atoms with Gasteiger partial charge < -0.3 is 9.84 Å². The molecule has 1 aromatic carbocycles. The van der Waals surface area contributed by atoms with Crippen LogP contribution in [0.2, 0.25) is 0 Å². The van der Waals surface area contributed by atoms with Gasteiger partial charge in [-0.1, -0.05) is 19.1 Å². The molecule has 1 atom stereocenters. The smallest absolute Gasteiger partial charge is 0.307 e. The molecule has 118 valence electrons. The summed E-state index contributed by atoms with van der Waals surface area (Å²) in [7, 11) is -0.767. The molecular weight excluding hydrogens is 296 g/mol. The molecule has 1 rings (SSSR count). The predicted octanol–water partition coefficient (Wildman–Crippen LogP) is 0.682. The van der Waals surface area contributed by atoms with E-state index in [1.165, 1.54) is 21.1 Å². The minimum Gasteiger partial charge on any atom is -0.497 e. The minimum atomic E-state index is -3.73. The highest BCUT2D eigenvalue weighted by Gasteiger charge is 2.20. The highest BCUT2D eigenvalue weighted by Crippen LogP contribution is 2.14. The van der Waals surface area contributed by atoms with Gasteiger partial charge in [-0.15, -0.1) is 0 Å². The van der Waals surface area contributed by atoms with E-state index in [1.807, 2.05) is 0 Å². The maximum absolute atomic E-state index is 12.0. The molecule has 0 aliphatic rings. The summed E-state index contributed by atoms with van der Waals surface area (Å²) in [4.78, 5) is 10.7. The molecule has 0 bridgehead atoms. The summed E-state index contributed by atoms with van der Waals surface area (Å²) in [6.07, 6.45) is 0. The van der Waals surface area contributed by atoms with Crippen LogP contribution in [0.4, 0.5) is 0 Å². The van der Waals surface area contributed by atoms with Gasteiger partial charge in [0, 0.05) is 20.1 Å². The summed E-state index contributed by atoms with van der Waals surface area (Å²) >= 11 is 0. The maximum Gasteiger partial charge on any atom is 0.307 e. The molecule has 0 aromatic heterocycles. The monoisotopic (exact) mass is 316 g/mol. The lowest BCUT2D eigenvalue weighted by atomic mass is 10.2. The summed E-state index contributed by atoms with van der Waals surface area (Å²) < 4.78 is 32.5. The zero-order valence-electron chi connectivity index (χ0n) is 12.2. The Morgan fingerprint density at radius 1 is 1.48 bits per heavy atom. The normalized spacial score (nSPS) is 13.1. The lowest BCUT2D eigenvalue weighted by Gasteiger charge is -2.19. The number of nitrogens with zero attached hydrogens (tertiary/aromatic N) is 1.